The van der Waals surface area contributed by atoms with Crippen LogP contribution in [0.15, 0.2) is 59.7 Å². The van der Waals surface area contributed by atoms with Gasteiger partial charge in [-0.1, -0.05) is 42.0 Å². The van der Waals surface area contributed by atoms with Crippen LogP contribution in [0.3, 0.4) is 0 Å². The highest BCUT2D eigenvalue weighted by Crippen LogP contribution is 2.26. The SMILES string of the molecule is Cc1ccc2c(c1)c1ncn(Cc3ccccc3)c(=O)c1n2CC(=O)NC(C)(C)C. The lowest BCUT2D eigenvalue weighted by Gasteiger charge is -2.21. The van der Waals surface area contributed by atoms with E-state index in [1.165, 1.54) is 0 Å². The maximum atomic E-state index is 13.4. The number of benzene rings is 2. The predicted molar refractivity (Wildman–Crippen MR) is 120 cm³/mol. The van der Waals surface area contributed by atoms with Gasteiger partial charge >= 0.3 is 0 Å². The minimum Gasteiger partial charge on any atom is -0.350 e. The average Bonchev–Trinajstić information content (AvgIpc) is 2.97. The van der Waals surface area contributed by atoms with Crippen molar-refractivity contribution in [2.45, 2.75) is 46.3 Å². The molecule has 0 aliphatic rings. The van der Waals surface area contributed by atoms with E-state index in [-0.39, 0.29) is 23.6 Å². The molecule has 2 heterocycles. The van der Waals surface area contributed by atoms with Crippen LogP contribution in [-0.2, 0) is 17.9 Å². The van der Waals surface area contributed by atoms with Gasteiger partial charge in [-0.2, -0.15) is 0 Å². The first-order valence-corrected chi connectivity index (χ1v) is 10.1. The topological polar surface area (TPSA) is 68.9 Å². The van der Waals surface area contributed by atoms with Crippen LogP contribution in [0.2, 0.25) is 0 Å². The maximum Gasteiger partial charge on any atom is 0.278 e. The van der Waals surface area contributed by atoms with Gasteiger partial charge in [0.15, 0.2) is 0 Å². The van der Waals surface area contributed by atoms with E-state index in [0.29, 0.717) is 17.6 Å². The second kappa shape index (κ2) is 7.44. The van der Waals surface area contributed by atoms with Gasteiger partial charge < -0.3 is 9.88 Å². The van der Waals surface area contributed by atoms with Gasteiger partial charge in [0.2, 0.25) is 5.91 Å². The molecular weight excluding hydrogens is 376 g/mol. The number of carbonyl (C=O) groups is 1. The molecule has 1 amide bonds. The van der Waals surface area contributed by atoms with Gasteiger partial charge in [0.1, 0.15) is 17.6 Å². The Balaban J connectivity index is 1.89. The summed E-state index contributed by atoms with van der Waals surface area (Å²) in [6, 6.07) is 15.8. The number of rotatable bonds is 4. The fourth-order valence-corrected chi connectivity index (χ4v) is 3.77. The first kappa shape index (κ1) is 19.9. The molecule has 0 bridgehead atoms. The Bertz CT molecular complexity index is 1290. The van der Waals surface area contributed by atoms with E-state index in [9.17, 15) is 9.59 Å². The van der Waals surface area contributed by atoms with E-state index >= 15 is 0 Å². The lowest BCUT2D eigenvalue weighted by atomic mass is 10.1. The highest BCUT2D eigenvalue weighted by Gasteiger charge is 2.20. The summed E-state index contributed by atoms with van der Waals surface area (Å²) in [4.78, 5) is 30.8. The Morgan fingerprint density at radius 3 is 2.53 bits per heavy atom. The molecule has 2 aromatic carbocycles. The van der Waals surface area contributed by atoms with Crippen molar-refractivity contribution in [2.75, 3.05) is 0 Å². The molecule has 0 saturated carbocycles. The number of hydrogen-bond acceptors (Lipinski definition) is 3. The minimum absolute atomic E-state index is 0.0621. The summed E-state index contributed by atoms with van der Waals surface area (Å²) < 4.78 is 3.39. The van der Waals surface area contributed by atoms with Crippen LogP contribution in [0.5, 0.6) is 0 Å². The molecule has 4 aromatic rings. The fourth-order valence-electron chi connectivity index (χ4n) is 3.77. The molecule has 154 valence electrons. The molecule has 6 nitrogen and oxygen atoms in total. The van der Waals surface area contributed by atoms with Crippen molar-refractivity contribution < 1.29 is 4.79 Å². The number of fused-ring (bicyclic) bond motifs is 3. The lowest BCUT2D eigenvalue weighted by Crippen LogP contribution is -2.42. The molecule has 0 aliphatic carbocycles. The third-order valence-corrected chi connectivity index (χ3v) is 4.99. The largest absolute Gasteiger partial charge is 0.350 e. The summed E-state index contributed by atoms with van der Waals surface area (Å²) in [5.41, 5.74) is 3.52. The average molecular weight is 402 g/mol. The lowest BCUT2D eigenvalue weighted by molar-refractivity contribution is -0.122. The summed E-state index contributed by atoms with van der Waals surface area (Å²) in [7, 11) is 0. The molecule has 4 rings (SSSR count). The second-order valence-corrected chi connectivity index (χ2v) is 8.77. The van der Waals surface area contributed by atoms with E-state index < -0.39 is 0 Å². The molecule has 0 radical (unpaired) electrons. The van der Waals surface area contributed by atoms with Crippen molar-refractivity contribution in [1.29, 1.82) is 0 Å². The molecule has 0 saturated heterocycles. The van der Waals surface area contributed by atoms with Gasteiger partial charge in [-0.05, 0) is 45.4 Å². The number of nitrogens with zero attached hydrogens (tertiary/aromatic N) is 3. The molecule has 0 aliphatic heterocycles. The standard InChI is InChI=1S/C24H26N4O2/c1-16-10-11-19-18(12-16)21-22(28(19)14-20(29)26-24(2,3)4)23(30)27(15-25-21)13-17-8-6-5-7-9-17/h5-12,15H,13-14H2,1-4H3,(H,26,29). The van der Waals surface area contributed by atoms with Crippen LogP contribution in [0.1, 0.15) is 31.9 Å². The van der Waals surface area contributed by atoms with E-state index in [0.717, 1.165) is 22.0 Å². The Labute approximate surface area is 175 Å². The highest BCUT2D eigenvalue weighted by molar-refractivity contribution is 6.06. The van der Waals surface area contributed by atoms with Crippen molar-refractivity contribution >= 4 is 27.8 Å². The summed E-state index contributed by atoms with van der Waals surface area (Å²) in [5, 5.41) is 3.87. The fraction of sp³-hybridized carbons (Fsp3) is 0.292. The number of amides is 1. The van der Waals surface area contributed by atoms with E-state index in [4.69, 9.17) is 0 Å². The Kier molecular flexibility index (Phi) is 4.94. The Morgan fingerprint density at radius 2 is 1.83 bits per heavy atom. The van der Waals surface area contributed by atoms with Crippen LogP contribution in [0, 0.1) is 6.92 Å². The zero-order valence-electron chi connectivity index (χ0n) is 17.8. The van der Waals surface area contributed by atoms with E-state index in [2.05, 4.69) is 10.3 Å². The van der Waals surface area contributed by atoms with Crippen LogP contribution in [0.25, 0.3) is 21.9 Å². The smallest absolute Gasteiger partial charge is 0.278 e. The monoisotopic (exact) mass is 402 g/mol. The zero-order chi connectivity index (χ0) is 21.5. The molecule has 0 unspecified atom stereocenters. The minimum atomic E-state index is -0.349. The highest BCUT2D eigenvalue weighted by atomic mass is 16.2. The quantitative estimate of drug-likeness (QED) is 0.567. The number of carbonyl (C=O) groups excluding carboxylic acids is 1. The molecule has 0 fully saturated rings. The van der Waals surface area contributed by atoms with Gasteiger partial charge in [0.05, 0.1) is 18.4 Å². The first-order chi connectivity index (χ1) is 14.2. The van der Waals surface area contributed by atoms with Crippen LogP contribution >= 0.6 is 0 Å². The molecule has 30 heavy (non-hydrogen) atoms. The second-order valence-electron chi connectivity index (χ2n) is 8.77. The summed E-state index contributed by atoms with van der Waals surface area (Å²) >= 11 is 0. The molecule has 1 N–H and O–H groups in total. The third kappa shape index (κ3) is 3.85. The van der Waals surface area contributed by atoms with Crippen LogP contribution in [0.4, 0.5) is 0 Å². The number of nitrogens with one attached hydrogen (secondary N) is 1. The maximum absolute atomic E-state index is 13.4. The predicted octanol–water partition coefficient (Wildman–Crippen LogP) is 3.62. The number of aromatic nitrogens is 3. The summed E-state index contributed by atoms with van der Waals surface area (Å²) in [5.74, 6) is -0.139. The third-order valence-electron chi connectivity index (χ3n) is 4.99. The molecule has 0 spiro atoms. The zero-order valence-corrected chi connectivity index (χ0v) is 17.8. The van der Waals surface area contributed by atoms with E-state index in [1.807, 2.05) is 76.2 Å². The summed E-state index contributed by atoms with van der Waals surface area (Å²) in [6.45, 7) is 8.31. The van der Waals surface area contributed by atoms with E-state index in [1.54, 1.807) is 15.5 Å². The molecule has 0 atom stereocenters. The van der Waals surface area contributed by atoms with Gasteiger partial charge in [0, 0.05) is 10.9 Å². The molecular formula is C24H26N4O2. The van der Waals surface area contributed by atoms with Gasteiger partial charge in [0.25, 0.3) is 5.56 Å². The Morgan fingerprint density at radius 1 is 1.10 bits per heavy atom. The van der Waals surface area contributed by atoms with Crippen LogP contribution < -0.4 is 10.9 Å². The van der Waals surface area contributed by atoms with Crippen molar-refractivity contribution in [3.63, 3.8) is 0 Å². The Hall–Kier alpha value is -3.41. The normalized spacial score (nSPS) is 11.9. The van der Waals surface area contributed by atoms with Crippen molar-refractivity contribution in [3.05, 3.63) is 76.3 Å². The number of aryl methyl sites for hydroxylation is 1. The van der Waals surface area contributed by atoms with Gasteiger partial charge in [-0.3, -0.25) is 14.2 Å². The van der Waals surface area contributed by atoms with Crippen molar-refractivity contribution in [3.8, 4) is 0 Å². The number of hydrogen-bond donors (Lipinski definition) is 1. The summed E-state index contributed by atoms with van der Waals surface area (Å²) in [6.07, 6.45) is 1.60. The van der Waals surface area contributed by atoms with Gasteiger partial charge in [-0.15, -0.1) is 0 Å². The molecule has 6 heteroatoms. The van der Waals surface area contributed by atoms with Crippen molar-refractivity contribution in [2.24, 2.45) is 0 Å². The first-order valence-electron chi connectivity index (χ1n) is 10.1. The van der Waals surface area contributed by atoms with Crippen LogP contribution in [-0.4, -0.2) is 25.6 Å². The van der Waals surface area contributed by atoms with Gasteiger partial charge in [-0.25, -0.2) is 4.98 Å². The molecule has 2 aromatic heterocycles. The van der Waals surface area contributed by atoms with Crippen molar-refractivity contribution in [1.82, 2.24) is 19.4 Å².